The minimum Gasteiger partial charge on any atom is -0.489 e. The van der Waals surface area contributed by atoms with Crippen LogP contribution in [0, 0.1) is 0 Å². The monoisotopic (exact) mass is 553 g/mol. The largest absolute Gasteiger partial charge is 0.489 e. The van der Waals surface area contributed by atoms with Crippen molar-refractivity contribution in [3.05, 3.63) is 87.9 Å². The molecular formula is C29H32BrNO5. The first kappa shape index (κ1) is 27.3. The van der Waals surface area contributed by atoms with E-state index in [2.05, 4.69) is 27.3 Å². The third kappa shape index (κ3) is 8.72. The molecule has 3 aromatic carbocycles. The molecule has 0 aliphatic carbocycles. The van der Waals surface area contributed by atoms with Crippen LogP contribution in [0.25, 0.3) is 11.1 Å². The van der Waals surface area contributed by atoms with Crippen LogP contribution in [0.1, 0.15) is 44.4 Å². The summed E-state index contributed by atoms with van der Waals surface area (Å²) in [6, 6.07) is 21.7. The van der Waals surface area contributed by atoms with Crippen LogP contribution in [0.15, 0.2) is 71.2 Å². The summed E-state index contributed by atoms with van der Waals surface area (Å²) in [5, 5.41) is 2.80. The summed E-state index contributed by atoms with van der Waals surface area (Å²) in [6.45, 7) is 8.36. The topological polar surface area (TPSA) is 73.9 Å². The number of halogens is 1. The lowest BCUT2D eigenvalue weighted by atomic mass is 10.0. The van der Waals surface area contributed by atoms with Crippen LogP contribution < -0.4 is 10.1 Å². The number of carbonyl (C=O) groups excluding carboxylic acids is 2. The van der Waals surface area contributed by atoms with Gasteiger partial charge in [-0.1, -0.05) is 52.3 Å². The smallest absolute Gasteiger partial charge is 0.407 e. The summed E-state index contributed by atoms with van der Waals surface area (Å²) in [7, 11) is 0. The van der Waals surface area contributed by atoms with Crippen molar-refractivity contribution in [1.82, 2.24) is 5.32 Å². The van der Waals surface area contributed by atoms with Crippen molar-refractivity contribution in [2.75, 3.05) is 6.61 Å². The fraction of sp³-hybridized carbons (Fsp3) is 0.310. The summed E-state index contributed by atoms with van der Waals surface area (Å²) < 4.78 is 17.4. The molecule has 1 N–H and O–H groups in total. The number of carbonyl (C=O) groups is 2. The Kier molecular flexibility index (Phi) is 9.53. The van der Waals surface area contributed by atoms with Crippen LogP contribution in [-0.2, 0) is 33.8 Å². The SMILES string of the molecule is CCOC(=O)Cc1cc(Br)ccc1OCc1cccc(-c2cccc(CNC(=O)OC(C)(C)C)c2)c1. The molecule has 0 saturated carbocycles. The van der Waals surface area contributed by atoms with Gasteiger partial charge in [-0.05, 0) is 80.3 Å². The Labute approximate surface area is 221 Å². The molecule has 6 nitrogen and oxygen atoms in total. The second kappa shape index (κ2) is 12.6. The number of benzene rings is 3. The third-order valence-corrected chi connectivity index (χ3v) is 5.57. The number of hydrogen-bond donors (Lipinski definition) is 1. The third-order valence-electron chi connectivity index (χ3n) is 5.08. The molecule has 0 spiro atoms. The van der Waals surface area contributed by atoms with Gasteiger partial charge in [0.05, 0.1) is 13.0 Å². The summed E-state index contributed by atoms with van der Waals surface area (Å²) >= 11 is 3.46. The molecule has 3 aromatic rings. The molecule has 0 aliphatic rings. The van der Waals surface area contributed by atoms with Crippen LogP contribution in [0.3, 0.4) is 0 Å². The molecular weight excluding hydrogens is 522 g/mol. The molecule has 0 aromatic heterocycles. The van der Waals surface area contributed by atoms with E-state index in [1.54, 1.807) is 6.92 Å². The zero-order chi connectivity index (χ0) is 26.1. The van der Waals surface area contributed by atoms with E-state index in [9.17, 15) is 9.59 Å². The Morgan fingerprint density at radius 1 is 0.917 bits per heavy atom. The van der Waals surface area contributed by atoms with E-state index in [0.717, 1.165) is 32.3 Å². The molecule has 0 radical (unpaired) electrons. The Morgan fingerprint density at radius 3 is 2.25 bits per heavy atom. The van der Waals surface area contributed by atoms with E-state index in [4.69, 9.17) is 14.2 Å². The standard InChI is InChI=1S/C29H32BrNO5/c1-5-34-27(32)17-24-16-25(30)12-13-26(24)35-19-21-9-7-11-23(15-21)22-10-6-8-20(14-22)18-31-28(33)36-29(2,3)4/h6-16H,5,17-19H2,1-4H3,(H,31,33). The predicted octanol–water partition coefficient (Wildman–Crippen LogP) is 6.83. The highest BCUT2D eigenvalue weighted by molar-refractivity contribution is 9.10. The highest BCUT2D eigenvalue weighted by Gasteiger charge is 2.16. The first-order chi connectivity index (χ1) is 17.1. The van der Waals surface area contributed by atoms with Gasteiger partial charge in [0.1, 0.15) is 18.0 Å². The Hall–Kier alpha value is -3.32. The van der Waals surface area contributed by atoms with Gasteiger partial charge in [0.2, 0.25) is 0 Å². The minimum absolute atomic E-state index is 0.146. The van der Waals surface area contributed by atoms with Crippen LogP contribution >= 0.6 is 15.9 Å². The maximum atomic E-state index is 12.0. The Balaban J connectivity index is 1.68. The Morgan fingerprint density at radius 2 is 1.58 bits per heavy atom. The van der Waals surface area contributed by atoms with Gasteiger partial charge in [-0.3, -0.25) is 4.79 Å². The summed E-state index contributed by atoms with van der Waals surface area (Å²) in [5.41, 5.74) is 4.27. The van der Waals surface area contributed by atoms with Crippen LogP contribution in [0.5, 0.6) is 5.75 Å². The molecule has 1 amide bonds. The second-order valence-electron chi connectivity index (χ2n) is 9.28. The van der Waals surface area contributed by atoms with E-state index in [0.29, 0.717) is 25.5 Å². The minimum atomic E-state index is -0.537. The number of rotatable bonds is 9. The van der Waals surface area contributed by atoms with Gasteiger partial charge in [-0.15, -0.1) is 0 Å². The maximum Gasteiger partial charge on any atom is 0.407 e. The van der Waals surface area contributed by atoms with Crippen molar-refractivity contribution in [3.8, 4) is 16.9 Å². The molecule has 36 heavy (non-hydrogen) atoms. The number of hydrogen-bond acceptors (Lipinski definition) is 5. The van der Waals surface area contributed by atoms with Crippen molar-refractivity contribution < 1.29 is 23.8 Å². The van der Waals surface area contributed by atoms with E-state index >= 15 is 0 Å². The number of nitrogens with one attached hydrogen (secondary N) is 1. The van der Waals surface area contributed by atoms with Crippen LogP contribution in [-0.4, -0.2) is 24.3 Å². The molecule has 0 atom stereocenters. The van der Waals surface area contributed by atoms with E-state index in [1.807, 2.05) is 81.4 Å². The van der Waals surface area contributed by atoms with Crippen molar-refractivity contribution >= 4 is 28.0 Å². The normalized spacial score (nSPS) is 11.0. The number of alkyl carbamates (subject to hydrolysis) is 1. The van der Waals surface area contributed by atoms with Crippen LogP contribution in [0.2, 0.25) is 0 Å². The first-order valence-corrected chi connectivity index (χ1v) is 12.6. The molecule has 3 rings (SSSR count). The van der Waals surface area contributed by atoms with Gasteiger partial charge >= 0.3 is 12.1 Å². The molecule has 0 unspecified atom stereocenters. The maximum absolute atomic E-state index is 12.0. The molecule has 0 bridgehead atoms. The number of ether oxygens (including phenoxy) is 3. The second-order valence-corrected chi connectivity index (χ2v) is 10.2. The Bertz CT molecular complexity index is 1200. The van der Waals surface area contributed by atoms with E-state index in [1.165, 1.54) is 0 Å². The molecule has 190 valence electrons. The summed E-state index contributed by atoms with van der Waals surface area (Å²) in [4.78, 5) is 24.0. The molecule has 0 saturated heterocycles. The lowest BCUT2D eigenvalue weighted by Crippen LogP contribution is -2.32. The van der Waals surface area contributed by atoms with Crippen LogP contribution in [0.4, 0.5) is 4.79 Å². The number of amides is 1. The molecule has 7 heteroatoms. The summed E-state index contributed by atoms with van der Waals surface area (Å²) in [6.07, 6.45) is -0.297. The fourth-order valence-corrected chi connectivity index (χ4v) is 3.95. The van der Waals surface area contributed by atoms with Gasteiger partial charge < -0.3 is 19.5 Å². The predicted molar refractivity (Wildman–Crippen MR) is 144 cm³/mol. The summed E-state index contributed by atoms with van der Waals surface area (Å²) in [5.74, 6) is 0.357. The highest BCUT2D eigenvalue weighted by atomic mass is 79.9. The lowest BCUT2D eigenvalue weighted by Gasteiger charge is -2.19. The molecule has 0 heterocycles. The van der Waals surface area contributed by atoms with Gasteiger partial charge in [-0.2, -0.15) is 0 Å². The van der Waals surface area contributed by atoms with E-state index < -0.39 is 11.7 Å². The lowest BCUT2D eigenvalue weighted by molar-refractivity contribution is -0.142. The van der Waals surface area contributed by atoms with Crippen molar-refractivity contribution in [2.45, 2.75) is 52.9 Å². The molecule has 0 aliphatic heterocycles. The van der Waals surface area contributed by atoms with Crippen molar-refractivity contribution in [2.24, 2.45) is 0 Å². The highest BCUT2D eigenvalue weighted by Crippen LogP contribution is 2.26. The average Bonchev–Trinajstić information content (AvgIpc) is 2.82. The molecule has 0 fully saturated rings. The van der Waals surface area contributed by atoms with Gasteiger partial charge in [0.25, 0.3) is 0 Å². The van der Waals surface area contributed by atoms with Gasteiger partial charge in [0.15, 0.2) is 0 Å². The zero-order valence-corrected chi connectivity index (χ0v) is 22.7. The number of esters is 1. The van der Waals surface area contributed by atoms with Crippen molar-refractivity contribution in [3.63, 3.8) is 0 Å². The quantitative estimate of drug-likeness (QED) is 0.294. The zero-order valence-electron chi connectivity index (χ0n) is 21.1. The van der Waals surface area contributed by atoms with Gasteiger partial charge in [0, 0.05) is 16.6 Å². The fourth-order valence-electron chi connectivity index (χ4n) is 3.55. The average molecular weight is 554 g/mol. The van der Waals surface area contributed by atoms with Crippen molar-refractivity contribution in [1.29, 1.82) is 0 Å². The van der Waals surface area contributed by atoms with Gasteiger partial charge in [-0.25, -0.2) is 4.79 Å². The first-order valence-electron chi connectivity index (χ1n) is 11.8. The van der Waals surface area contributed by atoms with E-state index in [-0.39, 0.29) is 12.4 Å².